The Morgan fingerprint density at radius 1 is 1.67 bits per heavy atom. The van der Waals surface area contributed by atoms with Crippen molar-refractivity contribution in [3.05, 3.63) is 12.0 Å². The minimum atomic E-state index is -0.211. The van der Waals surface area contributed by atoms with E-state index in [0.29, 0.717) is 6.54 Å². The van der Waals surface area contributed by atoms with E-state index in [1.807, 2.05) is 13.8 Å². The fourth-order valence-corrected chi connectivity index (χ4v) is 1.29. The van der Waals surface area contributed by atoms with Crippen molar-refractivity contribution < 1.29 is 9.21 Å². The predicted octanol–water partition coefficient (Wildman–Crippen LogP) is 1.15. The second-order valence-electron chi connectivity index (χ2n) is 3.87. The van der Waals surface area contributed by atoms with E-state index >= 15 is 0 Å². The second kappa shape index (κ2) is 4.93. The lowest BCUT2D eigenvalue weighted by atomic mass is 9.95. The molecule has 0 aliphatic carbocycles. The lowest BCUT2D eigenvalue weighted by molar-refractivity contribution is -0.120. The van der Waals surface area contributed by atoms with Gasteiger partial charge in [0.05, 0.1) is 11.6 Å². The molecule has 0 radical (unpaired) electrons. The molecular weight excluding hydrogens is 194 g/mol. The lowest BCUT2D eigenvalue weighted by Gasteiger charge is -2.16. The number of carbonyl (C=O) groups is 1. The zero-order valence-corrected chi connectivity index (χ0v) is 9.28. The van der Waals surface area contributed by atoms with Gasteiger partial charge in [0.15, 0.2) is 0 Å². The zero-order chi connectivity index (χ0) is 11.4. The maximum Gasteiger partial charge on any atom is 0.301 e. The highest BCUT2D eigenvalue weighted by Crippen LogP contribution is 2.13. The number of hydrogen-bond acceptors (Lipinski definition) is 4. The van der Waals surface area contributed by atoms with Crippen LogP contribution >= 0.6 is 0 Å². The standard InChI is InChI=1S/C10H17N3O2/c1-6(2)8(4-11)9(14)13-10-12-7(3)5-15-10/h5-6,8H,4,11H2,1-3H3,(H,12,13,14). The predicted molar refractivity (Wildman–Crippen MR) is 57.3 cm³/mol. The van der Waals surface area contributed by atoms with Gasteiger partial charge in [0.1, 0.15) is 6.26 Å². The Balaban J connectivity index is 2.62. The molecule has 1 aromatic heterocycles. The normalized spacial score (nSPS) is 12.9. The van der Waals surface area contributed by atoms with Crippen molar-refractivity contribution in [1.29, 1.82) is 0 Å². The van der Waals surface area contributed by atoms with Crippen LogP contribution in [0.4, 0.5) is 6.01 Å². The summed E-state index contributed by atoms with van der Waals surface area (Å²) in [6.07, 6.45) is 1.49. The molecule has 0 aromatic carbocycles. The molecule has 5 heteroatoms. The van der Waals surface area contributed by atoms with Crippen LogP contribution in [0.1, 0.15) is 19.5 Å². The van der Waals surface area contributed by atoms with E-state index in [1.54, 1.807) is 6.92 Å². The van der Waals surface area contributed by atoms with Gasteiger partial charge in [0.2, 0.25) is 5.91 Å². The highest BCUT2D eigenvalue weighted by atomic mass is 16.4. The molecule has 1 amide bonds. The third kappa shape index (κ3) is 3.06. The number of rotatable bonds is 4. The van der Waals surface area contributed by atoms with Crippen molar-refractivity contribution in [2.24, 2.45) is 17.6 Å². The first-order valence-electron chi connectivity index (χ1n) is 4.97. The Morgan fingerprint density at radius 3 is 2.73 bits per heavy atom. The van der Waals surface area contributed by atoms with Crippen molar-refractivity contribution >= 4 is 11.9 Å². The highest BCUT2D eigenvalue weighted by Gasteiger charge is 2.21. The van der Waals surface area contributed by atoms with Crippen molar-refractivity contribution in [3.8, 4) is 0 Å². The molecule has 3 N–H and O–H groups in total. The molecule has 84 valence electrons. The van der Waals surface area contributed by atoms with Crippen molar-refractivity contribution in [2.45, 2.75) is 20.8 Å². The number of aromatic nitrogens is 1. The quantitative estimate of drug-likeness (QED) is 0.782. The fourth-order valence-electron chi connectivity index (χ4n) is 1.29. The lowest BCUT2D eigenvalue weighted by Crippen LogP contribution is -2.33. The van der Waals surface area contributed by atoms with Crippen LogP contribution in [0.15, 0.2) is 10.7 Å². The van der Waals surface area contributed by atoms with Crippen LogP contribution in [0.5, 0.6) is 0 Å². The molecule has 0 aliphatic heterocycles. The third-order valence-corrected chi connectivity index (χ3v) is 2.24. The smallest absolute Gasteiger partial charge is 0.301 e. The van der Waals surface area contributed by atoms with Gasteiger partial charge in [-0.2, -0.15) is 4.98 Å². The largest absolute Gasteiger partial charge is 0.432 e. The summed E-state index contributed by atoms with van der Waals surface area (Å²) in [6, 6.07) is 0.233. The SMILES string of the molecule is Cc1coc(NC(=O)C(CN)C(C)C)n1. The Bertz CT molecular complexity index is 333. The third-order valence-electron chi connectivity index (χ3n) is 2.24. The minimum Gasteiger partial charge on any atom is -0.432 e. The van der Waals surface area contributed by atoms with Gasteiger partial charge in [-0.05, 0) is 12.8 Å². The first-order valence-corrected chi connectivity index (χ1v) is 4.97. The molecule has 0 spiro atoms. The molecule has 0 saturated heterocycles. The van der Waals surface area contributed by atoms with Crippen LogP contribution in [-0.4, -0.2) is 17.4 Å². The number of hydrogen-bond donors (Lipinski definition) is 2. The summed E-state index contributed by atoms with van der Waals surface area (Å²) in [7, 11) is 0. The summed E-state index contributed by atoms with van der Waals surface area (Å²) in [5.41, 5.74) is 6.26. The molecular formula is C10H17N3O2. The van der Waals surface area contributed by atoms with Crippen molar-refractivity contribution in [3.63, 3.8) is 0 Å². The molecule has 15 heavy (non-hydrogen) atoms. The summed E-state index contributed by atoms with van der Waals surface area (Å²) >= 11 is 0. The molecule has 1 aromatic rings. The molecule has 1 heterocycles. The molecule has 5 nitrogen and oxygen atoms in total. The molecule has 0 fully saturated rings. The number of amides is 1. The van der Waals surface area contributed by atoms with Gasteiger partial charge in [0.25, 0.3) is 0 Å². The van der Waals surface area contributed by atoms with Crippen LogP contribution in [0, 0.1) is 18.8 Å². The van der Waals surface area contributed by atoms with E-state index in [4.69, 9.17) is 10.2 Å². The fraction of sp³-hybridized carbons (Fsp3) is 0.600. The monoisotopic (exact) mass is 211 g/mol. The first-order chi connectivity index (χ1) is 7.04. The van der Waals surface area contributed by atoms with E-state index in [1.165, 1.54) is 6.26 Å². The maximum atomic E-state index is 11.7. The second-order valence-corrected chi connectivity index (χ2v) is 3.87. The Labute approximate surface area is 89.1 Å². The molecule has 0 aliphatic rings. The van der Waals surface area contributed by atoms with Gasteiger partial charge in [0, 0.05) is 6.54 Å². The van der Waals surface area contributed by atoms with Crippen LogP contribution in [-0.2, 0) is 4.79 Å². The highest BCUT2D eigenvalue weighted by molar-refractivity contribution is 5.90. The van der Waals surface area contributed by atoms with Crippen LogP contribution in [0.2, 0.25) is 0 Å². The number of anilines is 1. The van der Waals surface area contributed by atoms with Gasteiger partial charge in [-0.25, -0.2) is 0 Å². The van der Waals surface area contributed by atoms with Crippen molar-refractivity contribution in [2.75, 3.05) is 11.9 Å². The van der Waals surface area contributed by atoms with Crippen LogP contribution < -0.4 is 11.1 Å². The van der Waals surface area contributed by atoms with E-state index in [0.717, 1.165) is 5.69 Å². The van der Waals surface area contributed by atoms with E-state index in [9.17, 15) is 4.79 Å². The van der Waals surface area contributed by atoms with E-state index in [-0.39, 0.29) is 23.8 Å². The van der Waals surface area contributed by atoms with E-state index < -0.39 is 0 Å². The molecule has 0 bridgehead atoms. The first kappa shape index (κ1) is 11.7. The van der Waals surface area contributed by atoms with Gasteiger partial charge in [-0.1, -0.05) is 13.8 Å². The average Bonchev–Trinajstić information content (AvgIpc) is 2.51. The summed E-state index contributed by atoms with van der Waals surface area (Å²) in [5, 5.41) is 2.60. The summed E-state index contributed by atoms with van der Waals surface area (Å²) in [5.74, 6) is -0.155. The van der Waals surface area contributed by atoms with Crippen LogP contribution in [0.3, 0.4) is 0 Å². The number of oxazole rings is 1. The molecule has 1 unspecified atom stereocenters. The number of nitrogens with two attached hydrogens (primary N) is 1. The summed E-state index contributed by atoms with van der Waals surface area (Å²) in [4.78, 5) is 15.7. The molecule has 0 saturated carbocycles. The zero-order valence-electron chi connectivity index (χ0n) is 9.28. The van der Waals surface area contributed by atoms with Gasteiger partial charge >= 0.3 is 6.01 Å². The molecule has 1 atom stereocenters. The number of aryl methyl sites for hydroxylation is 1. The summed E-state index contributed by atoms with van der Waals surface area (Å²) < 4.78 is 5.03. The Kier molecular flexibility index (Phi) is 3.85. The van der Waals surface area contributed by atoms with Crippen molar-refractivity contribution in [1.82, 2.24) is 4.98 Å². The maximum absolute atomic E-state index is 11.7. The Morgan fingerprint density at radius 2 is 2.33 bits per heavy atom. The number of carbonyl (C=O) groups excluding carboxylic acids is 1. The number of nitrogens with one attached hydrogen (secondary N) is 1. The average molecular weight is 211 g/mol. The topological polar surface area (TPSA) is 81.2 Å². The Hall–Kier alpha value is -1.36. The molecule has 1 rings (SSSR count). The minimum absolute atomic E-state index is 0.144. The summed E-state index contributed by atoms with van der Waals surface area (Å²) in [6.45, 7) is 6.03. The van der Waals surface area contributed by atoms with Gasteiger partial charge < -0.3 is 10.2 Å². The van der Waals surface area contributed by atoms with E-state index in [2.05, 4.69) is 10.3 Å². The van der Waals surface area contributed by atoms with Crippen LogP contribution in [0.25, 0.3) is 0 Å². The number of nitrogens with zero attached hydrogens (tertiary/aromatic N) is 1. The van der Waals surface area contributed by atoms with Gasteiger partial charge in [-0.3, -0.25) is 10.1 Å². The van der Waals surface area contributed by atoms with Gasteiger partial charge in [-0.15, -0.1) is 0 Å².